The van der Waals surface area contributed by atoms with E-state index < -0.39 is 6.04 Å². The van der Waals surface area contributed by atoms with E-state index in [-0.39, 0.29) is 30.8 Å². The Morgan fingerprint density at radius 1 is 1.14 bits per heavy atom. The smallest absolute Gasteiger partial charge is 0.265 e. The number of morpholine rings is 1. The Morgan fingerprint density at radius 2 is 1.94 bits per heavy atom. The third-order valence-electron chi connectivity index (χ3n) is 6.43. The summed E-state index contributed by atoms with van der Waals surface area (Å²) in [6.07, 6.45) is 0.874. The van der Waals surface area contributed by atoms with Gasteiger partial charge in [-0.15, -0.1) is 0 Å². The molecule has 0 spiro atoms. The fourth-order valence-electron chi connectivity index (χ4n) is 4.28. The fourth-order valence-corrected chi connectivity index (χ4v) is 4.28. The molecule has 9 nitrogen and oxygen atoms in total. The van der Waals surface area contributed by atoms with Gasteiger partial charge in [0.25, 0.3) is 5.91 Å². The van der Waals surface area contributed by atoms with Gasteiger partial charge in [0.05, 0.1) is 18.9 Å². The first-order chi connectivity index (χ1) is 17.5. The predicted octanol–water partition coefficient (Wildman–Crippen LogP) is 2.07. The number of anilines is 1. The van der Waals surface area contributed by atoms with E-state index in [4.69, 9.17) is 14.2 Å². The molecule has 2 heterocycles. The molecule has 1 atom stereocenters. The number of Topliss-reactive ketones (excluding diaryl/α,β-unsaturated/α-hetero) is 1. The van der Waals surface area contributed by atoms with Crippen LogP contribution in [0.4, 0.5) is 5.69 Å². The van der Waals surface area contributed by atoms with Gasteiger partial charge in [-0.2, -0.15) is 0 Å². The second kappa shape index (κ2) is 12.0. The summed E-state index contributed by atoms with van der Waals surface area (Å²) >= 11 is 0. The van der Waals surface area contributed by atoms with E-state index in [1.165, 1.54) is 4.90 Å². The number of hydrogen-bond acceptors (Lipinski definition) is 7. The van der Waals surface area contributed by atoms with Crippen molar-refractivity contribution in [1.82, 2.24) is 10.2 Å². The average molecular weight is 496 g/mol. The second-order valence-electron chi connectivity index (χ2n) is 8.87. The summed E-state index contributed by atoms with van der Waals surface area (Å²) in [7, 11) is 0. The molecule has 4 rings (SSSR count). The van der Waals surface area contributed by atoms with Crippen molar-refractivity contribution in [3.63, 3.8) is 0 Å². The van der Waals surface area contributed by atoms with Crippen molar-refractivity contribution >= 4 is 23.3 Å². The average Bonchev–Trinajstić information content (AvgIpc) is 2.91. The van der Waals surface area contributed by atoms with Crippen molar-refractivity contribution < 1.29 is 28.6 Å². The molecule has 1 saturated heterocycles. The van der Waals surface area contributed by atoms with Crippen LogP contribution in [-0.4, -0.2) is 81.1 Å². The number of benzene rings is 2. The van der Waals surface area contributed by atoms with Crippen molar-refractivity contribution in [2.45, 2.75) is 26.3 Å². The van der Waals surface area contributed by atoms with Gasteiger partial charge in [-0.05, 0) is 49.2 Å². The molecule has 2 aliphatic heterocycles. The highest BCUT2D eigenvalue weighted by atomic mass is 16.5. The standard InChI is InChI=1S/C27H33N3O6/c1-3-20-5-4-6-22(15-20)35-17-24(31)21-7-8-25-23(16-21)30(26(32)18-36-25)19(2)27(33)28-9-10-29-11-13-34-14-12-29/h4-8,15-16,19H,3,9-14,17-18H2,1-2H3,(H,28,33). The summed E-state index contributed by atoms with van der Waals surface area (Å²) in [6.45, 7) is 7.69. The molecule has 192 valence electrons. The molecule has 2 aliphatic rings. The van der Waals surface area contributed by atoms with Crippen LogP contribution >= 0.6 is 0 Å². The van der Waals surface area contributed by atoms with Crippen molar-refractivity contribution in [3.8, 4) is 11.5 Å². The van der Waals surface area contributed by atoms with Gasteiger partial charge in [-0.25, -0.2) is 0 Å². The molecule has 2 aromatic carbocycles. The molecule has 2 amide bonds. The molecule has 9 heteroatoms. The summed E-state index contributed by atoms with van der Waals surface area (Å²) in [5.41, 5.74) is 1.90. The Kier molecular flexibility index (Phi) is 8.56. The van der Waals surface area contributed by atoms with E-state index in [1.807, 2.05) is 24.3 Å². The van der Waals surface area contributed by atoms with Crippen LogP contribution in [0.3, 0.4) is 0 Å². The number of fused-ring (bicyclic) bond motifs is 1. The monoisotopic (exact) mass is 495 g/mol. The van der Waals surface area contributed by atoms with Crippen molar-refractivity contribution in [2.75, 3.05) is 57.5 Å². The zero-order valence-corrected chi connectivity index (χ0v) is 20.8. The summed E-state index contributed by atoms with van der Waals surface area (Å²) in [4.78, 5) is 42.2. The minimum Gasteiger partial charge on any atom is -0.485 e. The fraction of sp³-hybridized carbons (Fsp3) is 0.444. The lowest BCUT2D eigenvalue weighted by Gasteiger charge is -2.34. The molecular weight excluding hydrogens is 462 g/mol. The molecule has 36 heavy (non-hydrogen) atoms. The van der Waals surface area contributed by atoms with Crippen LogP contribution in [0.25, 0.3) is 0 Å². The van der Waals surface area contributed by atoms with Gasteiger partial charge in [0, 0.05) is 31.7 Å². The molecular formula is C27H33N3O6. The van der Waals surface area contributed by atoms with E-state index in [0.29, 0.717) is 42.5 Å². The van der Waals surface area contributed by atoms with E-state index in [2.05, 4.69) is 17.1 Å². The van der Waals surface area contributed by atoms with Crippen molar-refractivity contribution in [2.24, 2.45) is 0 Å². The van der Waals surface area contributed by atoms with Crippen LogP contribution in [0.5, 0.6) is 11.5 Å². The molecule has 0 aromatic heterocycles. The molecule has 1 fully saturated rings. The molecule has 1 unspecified atom stereocenters. The van der Waals surface area contributed by atoms with Crippen LogP contribution in [0.2, 0.25) is 0 Å². The molecule has 1 N–H and O–H groups in total. The van der Waals surface area contributed by atoms with E-state index in [9.17, 15) is 14.4 Å². The van der Waals surface area contributed by atoms with Crippen LogP contribution in [0.1, 0.15) is 29.8 Å². The predicted molar refractivity (Wildman–Crippen MR) is 135 cm³/mol. The summed E-state index contributed by atoms with van der Waals surface area (Å²) in [5.74, 6) is 0.245. The van der Waals surface area contributed by atoms with Crippen LogP contribution in [0, 0.1) is 0 Å². The second-order valence-corrected chi connectivity index (χ2v) is 8.87. The summed E-state index contributed by atoms with van der Waals surface area (Å²) < 4.78 is 16.6. The Balaban J connectivity index is 1.41. The first-order valence-electron chi connectivity index (χ1n) is 12.4. The van der Waals surface area contributed by atoms with Crippen LogP contribution in [0.15, 0.2) is 42.5 Å². The number of nitrogens with one attached hydrogen (secondary N) is 1. The molecule has 0 aliphatic carbocycles. The quantitative estimate of drug-likeness (QED) is 0.504. The topological polar surface area (TPSA) is 97.4 Å². The van der Waals surface area contributed by atoms with E-state index >= 15 is 0 Å². The highest BCUT2D eigenvalue weighted by Gasteiger charge is 2.33. The first-order valence-corrected chi connectivity index (χ1v) is 12.4. The number of ketones is 1. The maximum absolute atomic E-state index is 12.9. The third kappa shape index (κ3) is 6.22. The number of carbonyl (C=O) groups excluding carboxylic acids is 3. The molecule has 2 aromatic rings. The Hall–Kier alpha value is -3.43. The molecule has 0 bridgehead atoms. The third-order valence-corrected chi connectivity index (χ3v) is 6.43. The maximum atomic E-state index is 12.9. The van der Waals surface area contributed by atoms with Gasteiger partial charge in [0.15, 0.2) is 19.0 Å². The van der Waals surface area contributed by atoms with E-state index in [0.717, 1.165) is 31.6 Å². The maximum Gasteiger partial charge on any atom is 0.265 e. The highest BCUT2D eigenvalue weighted by Crippen LogP contribution is 2.34. The normalized spacial score (nSPS) is 16.6. The zero-order valence-electron chi connectivity index (χ0n) is 20.8. The van der Waals surface area contributed by atoms with Gasteiger partial charge < -0.3 is 19.5 Å². The number of ether oxygens (including phenoxy) is 3. The Morgan fingerprint density at radius 3 is 2.72 bits per heavy atom. The lowest BCUT2D eigenvalue weighted by Crippen LogP contribution is -2.52. The zero-order chi connectivity index (χ0) is 25.5. The highest BCUT2D eigenvalue weighted by molar-refractivity contribution is 6.05. The molecule has 0 saturated carbocycles. The largest absolute Gasteiger partial charge is 0.485 e. The van der Waals surface area contributed by atoms with Crippen LogP contribution < -0.4 is 19.7 Å². The van der Waals surface area contributed by atoms with Crippen molar-refractivity contribution in [3.05, 3.63) is 53.6 Å². The van der Waals surface area contributed by atoms with Gasteiger partial charge in [-0.3, -0.25) is 24.2 Å². The number of hydrogen-bond donors (Lipinski definition) is 1. The lowest BCUT2D eigenvalue weighted by atomic mass is 10.1. The number of carbonyl (C=O) groups is 3. The van der Waals surface area contributed by atoms with Gasteiger partial charge >= 0.3 is 0 Å². The van der Waals surface area contributed by atoms with Crippen molar-refractivity contribution in [1.29, 1.82) is 0 Å². The van der Waals surface area contributed by atoms with Gasteiger partial charge in [-0.1, -0.05) is 19.1 Å². The van der Waals surface area contributed by atoms with E-state index in [1.54, 1.807) is 25.1 Å². The Labute approximate surface area is 211 Å². The summed E-state index contributed by atoms with van der Waals surface area (Å²) in [5, 5.41) is 2.92. The first kappa shape index (κ1) is 25.7. The van der Waals surface area contributed by atoms with Gasteiger partial charge in [0.2, 0.25) is 5.91 Å². The lowest BCUT2D eigenvalue weighted by molar-refractivity contribution is -0.127. The minimum atomic E-state index is -0.761. The SMILES string of the molecule is CCc1cccc(OCC(=O)c2ccc3c(c2)N(C(C)C(=O)NCCN2CCOCC2)C(=O)CO3)c1. The summed E-state index contributed by atoms with van der Waals surface area (Å²) in [6, 6.07) is 11.8. The van der Waals surface area contributed by atoms with Crippen LogP contribution in [-0.2, 0) is 20.7 Å². The minimum absolute atomic E-state index is 0.141. The number of rotatable bonds is 10. The number of amides is 2. The number of nitrogens with zero attached hydrogens (tertiary/aromatic N) is 2. The number of aryl methyl sites for hydroxylation is 1. The van der Waals surface area contributed by atoms with Gasteiger partial charge in [0.1, 0.15) is 17.5 Å². The Bertz CT molecular complexity index is 1100. The molecule has 0 radical (unpaired) electrons.